The van der Waals surface area contributed by atoms with Crippen molar-refractivity contribution in [3.63, 3.8) is 0 Å². The van der Waals surface area contributed by atoms with Crippen molar-refractivity contribution in [3.8, 4) is 0 Å². The zero-order chi connectivity index (χ0) is 12.5. The summed E-state index contributed by atoms with van der Waals surface area (Å²) < 4.78 is 38.3. The standard InChI is InChI=1S/C12H14F3NO/c13-12(14,15)10-4-2-1-3-9(10)11(17)8-5-6-16-7-8/h1-4,8,11,16-17H,5-7H2. The number of hydrogen-bond donors (Lipinski definition) is 2. The Kier molecular flexibility index (Phi) is 3.40. The third-order valence-corrected chi connectivity index (χ3v) is 3.13. The van der Waals surface area contributed by atoms with Crippen LogP contribution in [0.4, 0.5) is 13.2 Å². The summed E-state index contributed by atoms with van der Waals surface area (Å²) in [6, 6.07) is 5.23. The highest BCUT2D eigenvalue weighted by atomic mass is 19.4. The first-order valence-electron chi connectivity index (χ1n) is 5.55. The molecule has 1 heterocycles. The average molecular weight is 245 g/mol. The summed E-state index contributed by atoms with van der Waals surface area (Å²) >= 11 is 0. The third-order valence-electron chi connectivity index (χ3n) is 3.13. The highest BCUT2D eigenvalue weighted by Crippen LogP contribution is 2.37. The Morgan fingerprint density at radius 1 is 1.29 bits per heavy atom. The van der Waals surface area contributed by atoms with E-state index < -0.39 is 17.8 Å². The SMILES string of the molecule is OC(c1ccccc1C(F)(F)F)C1CCNC1. The second kappa shape index (κ2) is 4.66. The van der Waals surface area contributed by atoms with Crippen LogP contribution in [0.25, 0.3) is 0 Å². The molecule has 0 radical (unpaired) electrons. The summed E-state index contributed by atoms with van der Waals surface area (Å²) in [7, 11) is 0. The van der Waals surface area contributed by atoms with Gasteiger partial charge in [0.2, 0.25) is 0 Å². The van der Waals surface area contributed by atoms with Crippen LogP contribution in [0.3, 0.4) is 0 Å². The second-order valence-electron chi connectivity index (χ2n) is 4.28. The van der Waals surface area contributed by atoms with Gasteiger partial charge in [-0.15, -0.1) is 0 Å². The Labute approximate surface area is 97.5 Å². The number of aliphatic hydroxyl groups excluding tert-OH is 1. The minimum atomic E-state index is -4.41. The number of hydrogen-bond acceptors (Lipinski definition) is 2. The molecule has 2 N–H and O–H groups in total. The Bertz CT molecular complexity index is 386. The van der Waals surface area contributed by atoms with E-state index in [0.717, 1.165) is 12.6 Å². The molecule has 1 fully saturated rings. The van der Waals surface area contributed by atoms with E-state index in [-0.39, 0.29) is 11.5 Å². The summed E-state index contributed by atoms with van der Waals surface area (Å²) in [5.41, 5.74) is -0.756. The monoisotopic (exact) mass is 245 g/mol. The van der Waals surface area contributed by atoms with Gasteiger partial charge in [0.1, 0.15) is 0 Å². The Morgan fingerprint density at radius 2 is 2.00 bits per heavy atom. The van der Waals surface area contributed by atoms with Gasteiger partial charge >= 0.3 is 6.18 Å². The van der Waals surface area contributed by atoms with Crippen molar-refractivity contribution in [3.05, 3.63) is 35.4 Å². The molecule has 0 bridgehead atoms. The van der Waals surface area contributed by atoms with Crippen LogP contribution in [0.2, 0.25) is 0 Å². The lowest BCUT2D eigenvalue weighted by Gasteiger charge is -2.21. The molecule has 2 rings (SSSR count). The fourth-order valence-electron chi connectivity index (χ4n) is 2.21. The summed E-state index contributed by atoms with van der Waals surface area (Å²) in [5, 5.41) is 13.1. The number of rotatable bonds is 2. The fraction of sp³-hybridized carbons (Fsp3) is 0.500. The molecule has 17 heavy (non-hydrogen) atoms. The van der Waals surface area contributed by atoms with E-state index in [2.05, 4.69) is 5.32 Å². The van der Waals surface area contributed by atoms with E-state index in [1.807, 2.05) is 0 Å². The first-order chi connectivity index (χ1) is 8.00. The minimum absolute atomic E-state index is 0.0197. The van der Waals surface area contributed by atoms with Gasteiger partial charge in [-0.05, 0) is 24.6 Å². The van der Waals surface area contributed by atoms with Gasteiger partial charge in [0.15, 0.2) is 0 Å². The van der Waals surface area contributed by atoms with Crippen LogP contribution in [0, 0.1) is 5.92 Å². The smallest absolute Gasteiger partial charge is 0.388 e. The minimum Gasteiger partial charge on any atom is -0.388 e. The number of halogens is 3. The highest BCUT2D eigenvalue weighted by Gasteiger charge is 2.36. The van der Waals surface area contributed by atoms with Crippen molar-refractivity contribution in [1.82, 2.24) is 5.32 Å². The molecule has 1 aromatic rings. The van der Waals surface area contributed by atoms with Crippen molar-refractivity contribution in [2.24, 2.45) is 5.92 Å². The van der Waals surface area contributed by atoms with Crippen LogP contribution in [-0.4, -0.2) is 18.2 Å². The Hall–Kier alpha value is -1.07. The van der Waals surface area contributed by atoms with Gasteiger partial charge in [0.25, 0.3) is 0 Å². The van der Waals surface area contributed by atoms with Crippen LogP contribution in [0.5, 0.6) is 0 Å². The molecule has 2 unspecified atom stereocenters. The molecule has 1 aliphatic heterocycles. The van der Waals surface area contributed by atoms with Crippen LogP contribution >= 0.6 is 0 Å². The van der Waals surface area contributed by atoms with Crippen LogP contribution < -0.4 is 5.32 Å². The zero-order valence-corrected chi connectivity index (χ0v) is 9.17. The van der Waals surface area contributed by atoms with Gasteiger partial charge in [-0.1, -0.05) is 18.2 Å². The normalized spacial score (nSPS) is 22.7. The number of benzene rings is 1. The maximum Gasteiger partial charge on any atom is 0.416 e. The fourth-order valence-corrected chi connectivity index (χ4v) is 2.21. The summed E-state index contributed by atoms with van der Waals surface area (Å²) in [6.45, 7) is 1.31. The van der Waals surface area contributed by atoms with Gasteiger partial charge in [-0.25, -0.2) is 0 Å². The number of nitrogens with one attached hydrogen (secondary N) is 1. The molecule has 2 nitrogen and oxygen atoms in total. The molecule has 0 aromatic heterocycles. The molecule has 0 spiro atoms. The van der Waals surface area contributed by atoms with Gasteiger partial charge in [-0.2, -0.15) is 13.2 Å². The van der Waals surface area contributed by atoms with E-state index in [1.165, 1.54) is 18.2 Å². The maximum absolute atomic E-state index is 12.8. The molecule has 5 heteroatoms. The Morgan fingerprint density at radius 3 is 2.59 bits per heavy atom. The molecule has 0 saturated carbocycles. The summed E-state index contributed by atoms with van der Waals surface area (Å²) in [6.07, 6.45) is -4.76. The first kappa shape index (κ1) is 12.4. The predicted octanol–water partition coefficient (Wildman–Crippen LogP) is 2.35. The second-order valence-corrected chi connectivity index (χ2v) is 4.28. The van der Waals surface area contributed by atoms with Crippen molar-refractivity contribution >= 4 is 0 Å². The van der Waals surface area contributed by atoms with Crippen LogP contribution in [0.1, 0.15) is 23.7 Å². The lowest BCUT2D eigenvalue weighted by atomic mass is 9.91. The van der Waals surface area contributed by atoms with Gasteiger partial charge in [-0.3, -0.25) is 0 Å². The lowest BCUT2D eigenvalue weighted by Crippen LogP contribution is -2.19. The van der Waals surface area contributed by atoms with Crippen LogP contribution in [-0.2, 0) is 6.18 Å². The van der Waals surface area contributed by atoms with E-state index in [1.54, 1.807) is 0 Å². The van der Waals surface area contributed by atoms with Crippen molar-refractivity contribution in [2.75, 3.05) is 13.1 Å². The molecule has 94 valence electrons. The maximum atomic E-state index is 12.8. The Balaban J connectivity index is 2.31. The molecule has 2 atom stereocenters. The lowest BCUT2D eigenvalue weighted by molar-refractivity contribution is -0.139. The molecule has 0 amide bonds. The molecule has 1 aromatic carbocycles. The zero-order valence-electron chi connectivity index (χ0n) is 9.17. The molecular formula is C12H14F3NO. The van der Waals surface area contributed by atoms with Crippen molar-refractivity contribution in [1.29, 1.82) is 0 Å². The highest BCUT2D eigenvalue weighted by molar-refractivity contribution is 5.32. The molecular weight excluding hydrogens is 231 g/mol. The topological polar surface area (TPSA) is 32.3 Å². The number of alkyl halides is 3. The summed E-state index contributed by atoms with van der Waals surface area (Å²) in [4.78, 5) is 0. The first-order valence-corrected chi connectivity index (χ1v) is 5.55. The molecule has 1 saturated heterocycles. The van der Waals surface area contributed by atoms with E-state index in [0.29, 0.717) is 13.0 Å². The number of aliphatic hydroxyl groups is 1. The van der Waals surface area contributed by atoms with Crippen molar-refractivity contribution in [2.45, 2.75) is 18.7 Å². The van der Waals surface area contributed by atoms with Crippen molar-refractivity contribution < 1.29 is 18.3 Å². The average Bonchev–Trinajstić information content (AvgIpc) is 2.80. The van der Waals surface area contributed by atoms with E-state index in [9.17, 15) is 18.3 Å². The van der Waals surface area contributed by atoms with E-state index in [4.69, 9.17) is 0 Å². The largest absolute Gasteiger partial charge is 0.416 e. The quantitative estimate of drug-likeness (QED) is 0.838. The van der Waals surface area contributed by atoms with Gasteiger partial charge in [0.05, 0.1) is 11.7 Å². The predicted molar refractivity (Wildman–Crippen MR) is 57.4 cm³/mol. The van der Waals surface area contributed by atoms with E-state index >= 15 is 0 Å². The van der Waals surface area contributed by atoms with Gasteiger partial charge in [0, 0.05) is 12.5 Å². The molecule has 0 aliphatic carbocycles. The van der Waals surface area contributed by atoms with Gasteiger partial charge < -0.3 is 10.4 Å². The third kappa shape index (κ3) is 2.61. The summed E-state index contributed by atoms with van der Waals surface area (Å²) in [5.74, 6) is -0.140. The molecule has 1 aliphatic rings. The van der Waals surface area contributed by atoms with Crippen LogP contribution in [0.15, 0.2) is 24.3 Å².